The van der Waals surface area contributed by atoms with Crippen LogP contribution in [0.1, 0.15) is 6.42 Å². The molecule has 1 aromatic carbocycles. The number of hydrogen-bond donors (Lipinski definition) is 2. The second-order valence-corrected chi connectivity index (χ2v) is 6.01. The molecule has 1 heterocycles. The van der Waals surface area contributed by atoms with Crippen molar-refractivity contribution in [3.8, 4) is 0 Å². The fourth-order valence-electron chi connectivity index (χ4n) is 1.68. The fraction of sp³-hybridized carbons (Fsp3) is 0.455. The quantitative estimate of drug-likeness (QED) is 0.837. The lowest BCUT2D eigenvalue weighted by Crippen LogP contribution is -2.35. The Morgan fingerprint density at radius 1 is 1.44 bits per heavy atom. The molecule has 88 valence electrons. The van der Waals surface area contributed by atoms with Gasteiger partial charge in [-0.2, -0.15) is 0 Å². The second kappa shape index (κ2) is 5.06. The van der Waals surface area contributed by atoms with E-state index in [4.69, 9.17) is 5.11 Å². The van der Waals surface area contributed by atoms with E-state index >= 15 is 0 Å². The third kappa shape index (κ3) is 2.78. The van der Waals surface area contributed by atoms with Gasteiger partial charge in [0.05, 0.1) is 6.61 Å². The maximum Gasteiger partial charge on any atom is 0.102 e. The highest BCUT2D eigenvalue weighted by Crippen LogP contribution is 2.34. The Morgan fingerprint density at radius 2 is 2.19 bits per heavy atom. The average molecular weight is 304 g/mol. The van der Waals surface area contributed by atoms with E-state index in [1.165, 1.54) is 0 Å². The number of rotatable bonds is 3. The van der Waals surface area contributed by atoms with Gasteiger partial charge in [0.15, 0.2) is 0 Å². The largest absolute Gasteiger partial charge is 0.393 e. The molecule has 0 saturated carbocycles. The van der Waals surface area contributed by atoms with Crippen LogP contribution in [0.4, 0.5) is 0 Å². The van der Waals surface area contributed by atoms with Crippen LogP contribution in [0, 0.1) is 0 Å². The third-order valence-corrected chi connectivity index (χ3v) is 4.73. The van der Waals surface area contributed by atoms with Gasteiger partial charge >= 0.3 is 0 Å². The van der Waals surface area contributed by atoms with Crippen molar-refractivity contribution in [2.75, 3.05) is 19.7 Å². The van der Waals surface area contributed by atoms with Gasteiger partial charge in [-0.05, 0) is 46.4 Å². The number of hydrogen-bond acceptors (Lipinski definition) is 4. The van der Waals surface area contributed by atoms with Gasteiger partial charge in [0, 0.05) is 22.5 Å². The number of halogens is 1. The third-order valence-electron chi connectivity index (χ3n) is 2.66. The minimum atomic E-state index is -0.922. The summed E-state index contributed by atoms with van der Waals surface area (Å²) in [5.41, 5.74) is -0.922. The summed E-state index contributed by atoms with van der Waals surface area (Å²) in [4.78, 5) is 1.13. The first kappa shape index (κ1) is 12.4. The van der Waals surface area contributed by atoms with Gasteiger partial charge in [0.25, 0.3) is 0 Å². The molecular weight excluding hydrogens is 290 g/mol. The van der Waals surface area contributed by atoms with E-state index in [2.05, 4.69) is 20.2 Å². The molecule has 3 nitrogen and oxygen atoms in total. The van der Waals surface area contributed by atoms with Crippen molar-refractivity contribution < 1.29 is 10.2 Å². The van der Waals surface area contributed by atoms with E-state index in [9.17, 15) is 5.11 Å². The second-order valence-electron chi connectivity index (χ2n) is 4.02. The van der Waals surface area contributed by atoms with Crippen molar-refractivity contribution in [1.82, 2.24) is 4.31 Å². The molecule has 1 fully saturated rings. The molecule has 1 unspecified atom stereocenters. The molecule has 1 aliphatic heterocycles. The van der Waals surface area contributed by atoms with Crippen molar-refractivity contribution in [3.63, 3.8) is 0 Å². The Morgan fingerprint density at radius 3 is 2.81 bits per heavy atom. The summed E-state index contributed by atoms with van der Waals surface area (Å²) in [6.07, 6.45) is 0.626. The molecule has 0 aromatic heterocycles. The molecule has 0 spiro atoms. The molecule has 1 aliphatic rings. The van der Waals surface area contributed by atoms with Crippen LogP contribution in [0.5, 0.6) is 0 Å². The molecule has 0 radical (unpaired) electrons. The average Bonchev–Trinajstić information content (AvgIpc) is 2.65. The lowest BCUT2D eigenvalue weighted by Gasteiger charge is -2.20. The zero-order valence-electron chi connectivity index (χ0n) is 8.77. The summed E-state index contributed by atoms with van der Waals surface area (Å²) in [6, 6.07) is 7.99. The van der Waals surface area contributed by atoms with Crippen LogP contribution in [-0.4, -0.2) is 39.8 Å². The molecule has 2 N–H and O–H groups in total. The minimum Gasteiger partial charge on any atom is -0.393 e. The van der Waals surface area contributed by atoms with Crippen LogP contribution in [0.15, 0.2) is 33.6 Å². The lowest BCUT2D eigenvalue weighted by molar-refractivity contribution is -0.000268. The summed E-state index contributed by atoms with van der Waals surface area (Å²) < 4.78 is 3.13. The van der Waals surface area contributed by atoms with Gasteiger partial charge in [-0.1, -0.05) is 12.1 Å². The Hall–Kier alpha value is -0.0700. The van der Waals surface area contributed by atoms with E-state index in [0.29, 0.717) is 13.0 Å². The zero-order chi connectivity index (χ0) is 11.6. The van der Waals surface area contributed by atoms with Gasteiger partial charge in [-0.3, -0.25) is 0 Å². The van der Waals surface area contributed by atoms with Gasteiger partial charge < -0.3 is 10.2 Å². The zero-order valence-corrected chi connectivity index (χ0v) is 11.2. The maximum absolute atomic E-state index is 9.90. The van der Waals surface area contributed by atoms with Crippen LogP contribution >= 0.6 is 27.9 Å². The summed E-state index contributed by atoms with van der Waals surface area (Å²) in [7, 11) is 0. The van der Waals surface area contributed by atoms with Crippen molar-refractivity contribution in [3.05, 3.63) is 28.7 Å². The maximum atomic E-state index is 9.90. The highest BCUT2D eigenvalue weighted by atomic mass is 79.9. The SMILES string of the molecule is OCC1(O)CCN(Sc2ccccc2Br)C1. The first-order valence-corrected chi connectivity index (χ1v) is 6.70. The van der Waals surface area contributed by atoms with Crippen LogP contribution in [-0.2, 0) is 0 Å². The monoisotopic (exact) mass is 303 g/mol. The Balaban J connectivity index is 2.00. The molecule has 0 aliphatic carbocycles. The van der Waals surface area contributed by atoms with Crippen LogP contribution < -0.4 is 0 Å². The lowest BCUT2D eigenvalue weighted by atomic mass is 10.1. The number of aliphatic hydroxyl groups is 2. The van der Waals surface area contributed by atoms with E-state index < -0.39 is 5.60 Å². The Kier molecular flexibility index (Phi) is 3.92. The molecule has 0 bridgehead atoms. The number of benzene rings is 1. The number of β-amino-alcohol motifs (C(OH)–C–C–N with tert-alkyl or cyclic N) is 1. The van der Waals surface area contributed by atoms with Gasteiger partial charge in [0.1, 0.15) is 5.60 Å². The molecule has 2 rings (SSSR count). The Labute approximate surface area is 108 Å². The van der Waals surface area contributed by atoms with Gasteiger partial charge in [0.2, 0.25) is 0 Å². The molecule has 5 heteroatoms. The normalized spacial score (nSPS) is 26.2. The molecule has 16 heavy (non-hydrogen) atoms. The predicted octanol–water partition coefficient (Wildman–Crippen LogP) is 1.89. The van der Waals surface area contributed by atoms with E-state index in [-0.39, 0.29) is 6.61 Å². The summed E-state index contributed by atoms with van der Waals surface area (Å²) in [6.45, 7) is 1.14. The van der Waals surface area contributed by atoms with Gasteiger partial charge in [-0.15, -0.1) is 0 Å². The first-order valence-electron chi connectivity index (χ1n) is 5.14. The minimum absolute atomic E-state index is 0.167. The van der Waals surface area contributed by atoms with Crippen molar-refractivity contribution in [2.24, 2.45) is 0 Å². The summed E-state index contributed by atoms with van der Waals surface area (Å²) in [5.74, 6) is 0. The molecule has 0 amide bonds. The number of nitrogens with zero attached hydrogens (tertiary/aromatic N) is 1. The fourth-order valence-corrected chi connectivity index (χ4v) is 3.25. The summed E-state index contributed by atoms with van der Waals surface area (Å²) in [5, 5.41) is 19.0. The van der Waals surface area contributed by atoms with E-state index in [1.807, 2.05) is 24.3 Å². The standard InChI is InChI=1S/C11H14BrNO2S/c12-9-3-1-2-4-10(9)16-13-6-5-11(15,7-13)8-14/h1-4,14-15H,5-8H2. The topological polar surface area (TPSA) is 43.7 Å². The molecule has 1 saturated heterocycles. The van der Waals surface area contributed by atoms with Crippen molar-refractivity contribution in [2.45, 2.75) is 16.9 Å². The smallest absolute Gasteiger partial charge is 0.102 e. The first-order chi connectivity index (χ1) is 7.63. The molecular formula is C11H14BrNO2S. The highest BCUT2D eigenvalue weighted by molar-refractivity contribution is 9.10. The summed E-state index contributed by atoms with van der Waals surface area (Å²) >= 11 is 5.10. The van der Waals surface area contributed by atoms with Crippen LogP contribution in [0.25, 0.3) is 0 Å². The van der Waals surface area contributed by atoms with Gasteiger partial charge in [-0.25, -0.2) is 4.31 Å². The molecule has 1 atom stereocenters. The Bertz CT molecular complexity index is 377. The predicted molar refractivity (Wildman–Crippen MR) is 68.2 cm³/mol. The highest BCUT2D eigenvalue weighted by Gasteiger charge is 2.35. The van der Waals surface area contributed by atoms with E-state index in [0.717, 1.165) is 15.9 Å². The molecule has 1 aromatic rings. The van der Waals surface area contributed by atoms with Crippen molar-refractivity contribution in [1.29, 1.82) is 0 Å². The van der Waals surface area contributed by atoms with E-state index in [1.54, 1.807) is 11.9 Å². The number of aliphatic hydroxyl groups excluding tert-OH is 1. The van der Waals surface area contributed by atoms with Crippen LogP contribution in [0.3, 0.4) is 0 Å². The van der Waals surface area contributed by atoms with Crippen LogP contribution in [0.2, 0.25) is 0 Å². The van der Waals surface area contributed by atoms with Crippen molar-refractivity contribution >= 4 is 27.9 Å².